The molecule has 1 heterocycles. The number of anilines is 1. The van der Waals surface area contributed by atoms with Gasteiger partial charge < -0.3 is 15.3 Å². The lowest BCUT2D eigenvalue weighted by Gasteiger charge is -2.32. The minimum Gasteiger partial charge on any atom is -0.478 e. The minimum atomic E-state index is -0.937. The number of benzene rings is 4. The number of nitrogens with zero attached hydrogens (tertiary/aromatic N) is 2. The van der Waals surface area contributed by atoms with Crippen molar-refractivity contribution in [2.75, 3.05) is 11.4 Å². The summed E-state index contributed by atoms with van der Waals surface area (Å²) in [4.78, 5) is 30.5. The van der Waals surface area contributed by atoms with Gasteiger partial charge in [0.1, 0.15) is 0 Å². The first-order valence-electron chi connectivity index (χ1n) is 13.0. The van der Waals surface area contributed by atoms with Gasteiger partial charge in [-0.1, -0.05) is 60.7 Å². The van der Waals surface area contributed by atoms with E-state index in [0.29, 0.717) is 28.9 Å². The van der Waals surface area contributed by atoms with Gasteiger partial charge in [-0.3, -0.25) is 4.79 Å². The number of carboxylic acid groups (broad SMARTS) is 1. The average Bonchev–Trinajstić information content (AvgIpc) is 2.97. The molecule has 0 radical (unpaired) electrons. The van der Waals surface area contributed by atoms with Gasteiger partial charge in [0.05, 0.1) is 18.2 Å². The van der Waals surface area contributed by atoms with Crippen molar-refractivity contribution in [3.05, 3.63) is 130 Å². The number of nitrogens with one attached hydrogen (secondary N) is 1. The first-order valence-corrected chi connectivity index (χ1v) is 13.0. The lowest BCUT2D eigenvalue weighted by Crippen LogP contribution is -2.30. The monoisotopic (exact) mass is 515 g/mol. The van der Waals surface area contributed by atoms with Crippen LogP contribution in [0, 0.1) is 6.57 Å². The van der Waals surface area contributed by atoms with Crippen LogP contribution in [0.15, 0.2) is 91.0 Å². The number of carbonyl (C=O) groups is 2. The number of fused-ring (bicyclic) bond motifs is 1. The van der Waals surface area contributed by atoms with Crippen molar-refractivity contribution in [2.45, 2.75) is 32.4 Å². The van der Waals surface area contributed by atoms with Gasteiger partial charge in [0.25, 0.3) is 5.91 Å². The number of carboxylic acids is 1. The van der Waals surface area contributed by atoms with Crippen molar-refractivity contribution in [3.8, 4) is 11.1 Å². The molecular weight excluding hydrogens is 486 g/mol. The van der Waals surface area contributed by atoms with Crippen molar-refractivity contribution < 1.29 is 14.7 Å². The molecule has 2 N–H and O–H groups in total. The third-order valence-electron chi connectivity index (χ3n) is 7.20. The molecule has 0 saturated heterocycles. The van der Waals surface area contributed by atoms with E-state index < -0.39 is 5.97 Å². The molecule has 5 rings (SSSR count). The number of hydrogen-bond acceptors (Lipinski definition) is 3. The normalized spacial score (nSPS) is 13.2. The predicted molar refractivity (Wildman–Crippen MR) is 153 cm³/mol. The van der Waals surface area contributed by atoms with Crippen molar-refractivity contribution in [2.24, 2.45) is 0 Å². The number of hydrogen-bond donors (Lipinski definition) is 2. The molecule has 39 heavy (non-hydrogen) atoms. The molecule has 0 spiro atoms. The molecule has 6 heteroatoms. The molecule has 0 unspecified atom stereocenters. The summed E-state index contributed by atoms with van der Waals surface area (Å²) < 4.78 is 0. The summed E-state index contributed by atoms with van der Waals surface area (Å²) in [6.45, 7) is 10.6. The zero-order valence-electron chi connectivity index (χ0n) is 21.7. The molecule has 4 aromatic carbocycles. The van der Waals surface area contributed by atoms with E-state index in [2.05, 4.69) is 27.2 Å². The van der Waals surface area contributed by atoms with Crippen LogP contribution in [-0.2, 0) is 13.0 Å². The van der Waals surface area contributed by atoms with Crippen LogP contribution in [0.4, 0.5) is 11.4 Å². The molecule has 6 nitrogen and oxygen atoms in total. The van der Waals surface area contributed by atoms with Gasteiger partial charge >= 0.3 is 5.97 Å². The number of aromatic carboxylic acids is 1. The first kappa shape index (κ1) is 25.7. The van der Waals surface area contributed by atoms with Crippen molar-refractivity contribution >= 4 is 23.3 Å². The Bertz CT molecular complexity index is 1570. The number of aryl methyl sites for hydroxylation is 1. The van der Waals surface area contributed by atoms with E-state index in [-0.39, 0.29) is 11.9 Å². The molecule has 4 aromatic rings. The molecule has 0 aromatic heterocycles. The van der Waals surface area contributed by atoms with Crippen LogP contribution in [0.3, 0.4) is 0 Å². The highest BCUT2D eigenvalue weighted by molar-refractivity contribution is 5.96. The number of carbonyl (C=O) groups excluding carboxylic acids is 1. The Kier molecular flexibility index (Phi) is 7.42. The second-order valence-corrected chi connectivity index (χ2v) is 9.82. The number of amides is 1. The third-order valence-corrected chi connectivity index (χ3v) is 7.20. The summed E-state index contributed by atoms with van der Waals surface area (Å²) in [7, 11) is 0. The average molecular weight is 516 g/mol. The van der Waals surface area contributed by atoms with E-state index in [4.69, 9.17) is 6.57 Å². The molecule has 0 bridgehead atoms. The summed E-state index contributed by atoms with van der Waals surface area (Å²) in [6.07, 6.45) is 1.90. The van der Waals surface area contributed by atoms with Crippen LogP contribution in [0.2, 0.25) is 0 Å². The molecule has 1 aliphatic rings. The number of rotatable bonds is 7. The smallest absolute Gasteiger partial charge is 0.336 e. The maximum atomic E-state index is 13.0. The van der Waals surface area contributed by atoms with Gasteiger partial charge in [-0.2, -0.15) is 0 Å². The van der Waals surface area contributed by atoms with E-state index in [0.717, 1.165) is 47.3 Å². The van der Waals surface area contributed by atoms with Gasteiger partial charge in [-0.15, -0.1) is 0 Å². The van der Waals surface area contributed by atoms with Crippen LogP contribution in [0.25, 0.3) is 16.0 Å². The van der Waals surface area contributed by atoms with Crippen molar-refractivity contribution in [1.29, 1.82) is 0 Å². The maximum Gasteiger partial charge on any atom is 0.336 e. The van der Waals surface area contributed by atoms with Gasteiger partial charge in [-0.25, -0.2) is 9.64 Å². The highest BCUT2D eigenvalue weighted by Gasteiger charge is 2.20. The van der Waals surface area contributed by atoms with E-state index in [9.17, 15) is 14.7 Å². The van der Waals surface area contributed by atoms with E-state index in [1.54, 1.807) is 24.3 Å². The van der Waals surface area contributed by atoms with Crippen LogP contribution < -0.4 is 10.2 Å². The second kappa shape index (κ2) is 11.2. The lowest BCUT2D eigenvalue weighted by molar-refractivity contribution is 0.0697. The Balaban J connectivity index is 1.32. The molecule has 194 valence electrons. The SMILES string of the molecule is [C-]#[N+]c1ccc([C@H](C)NC(=O)c2ccc3c(c2)CCCN3Cc2cccc(-c3ccccc3C(=O)O)c2)cc1. The van der Waals surface area contributed by atoms with Gasteiger partial charge in [0, 0.05) is 24.3 Å². The van der Waals surface area contributed by atoms with Gasteiger partial charge in [-0.05, 0) is 77.9 Å². The Morgan fingerprint density at radius 2 is 1.79 bits per heavy atom. The molecular formula is C33H29N3O3. The third kappa shape index (κ3) is 5.68. The fraction of sp³-hybridized carbons (Fsp3) is 0.182. The Morgan fingerprint density at radius 3 is 2.56 bits per heavy atom. The van der Waals surface area contributed by atoms with Gasteiger partial charge in [0.15, 0.2) is 5.69 Å². The fourth-order valence-electron chi connectivity index (χ4n) is 5.16. The maximum absolute atomic E-state index is 13.0. The Morgan fingerprint density at radius 1 is 1.00 bits per heavy atom. The lowest BCUT2D eigenvalue weighted by atomic mass is 9.96. The Hall–Kier alpha value is -4.89. The van der Waals surface area contributed by atoms with Crippen LogP contribution in [0.5, 0.6) is 0 Å². The molecule has 0 fully saturated rings. The summed E-state index contributed by atoms with van der Waals surface area (Å²) >= 11 is 0. The topological polar surface area (TPSA) is 74.0 Å². The molecule has 0 saturated carbocycles. The van der Waals surface area contributed by atoms with Crippen molar-refractivity contribution in [3.63, 3.8) is 0 Å². The summed E-state index contributed by atoms with van der Waals surface area (Å²) in [6, 6.07) is 28.1. The zero-order valence-corrected chi connectivity index (χ0v) is 21.7. The molecule has 1 atom stereocenters. The van der Waals surface area contributed by atoms with Crippen LogP contribution >= 0.6 is 0 Å². The highest BCUT2D eigenvalue weighted by atomic mass is 16.4. The predicted octanol–water partition coefficient (Wildman–Crippen LogP) is 7.05. The zero-order chi connectivity index (χ0) is 27.4. The van der Waals surface area contributed by atoms with E-state index >= 15 is 0 Å². The van der Waals surface area contributed by atoms with Crippen LogP contribution in [-0.4, -0.2) is 23.5 Å². The largest absolute Gasteiger partial charge is 0.478 e. The summed E-state index contributed by atoms with van der Waals surface area (Å²) in [5, 5.41) is 12.7. The van der Waals surface area contributed by atoms with Gasteiger partial charge in [0.2, 0.25) is 0 Å². The first-order chi connectivity index (χ1) is 18.9. The molecule has 1 amide bonds. The van der Waals surface area contributed by atoms with E-state index in [1.165, 1.54) is 0 Å². The highest BCUT2D eigenvalue weighted by Crippen LogP contribution is 2.31. The second-order valence-electron chi connectivity index (χ2n) is 9.82. The minimum absolute atomic E-state index is 0.124. The molecule has 0 aliphatic carbocycles. The summed E-state index contributed by atoms with van der Waals surface area (Å²) in [5.41, 5.74) is 7.41. The Labute approximate surface area is 228 Å². The van der Waals surface area contributed by atoms with E-state index in [1.807, 2.05) is 61.5 Å². The molecule has 1 aliphatic heterocycles. The fourth-order valence-corrected chi connectivity index (χ4v) is 5.16. The van der Waals surface area contributed by atoms with Crippen LogP contribution in [0.1, 0.15) is 56.8 Å². The standard InChI is InChI=1S/C33H29N3O3/c1-22(24-12-15-28(34-2)16-13-24)35-32(37)27-14-17-31-26(20-27)9-6-18-36(31)21-23-7-5-8-25(19-23)29-10-3-4-11-30(29)33(38)39/h3-5,7-8,10-17,19-20,22H,6,9,18,21H2,1H3,(H,35,37)(H,38,39)/t22-/m0/s1. The van der Waals surface area contributed by atoms with Crippen molar-refractivity contribution in [1.82, 2.24) is 5.32 Å². The summed E-state index contributed by atoms with van der Waals surface area (Å²) in [5.74, 6) is -1.06. The quantitative estimate of drug-likeness (QED) is 0.259.